The van der Waals surface area contributed by atoms with Gasteiger partial charge in [0.15, 0.2) is 0 Å². The fourth-order valence-electron chi connectivity index (χ4n) is 3.05. The van der Waals surface area contributed by atoms with Crippen LogP contribution in [0.4, 0.5) is 0 Å². The summed E-state index contributed by atoms with van der Waals surface area (Å²) in [6.45, 7) is 1.03. The van der Waals surface area contributed by atoms with E-state index in [-0.39, 0.29) is 29.3 Å². The number of carbonyl (C=O) groups is 1. The summed E-state index contributed by atoms with van der Waals surface area (Å²) in [4.78, 5) is 11.3. The standard InChI is InChI=1S/C12H20N2O4S/c1-13-12(15)5-9-4-8-6-14(7-11(8)18-9)19(16,17)10-2-3-10/h8-11H,2-7H2,1H3,(H,13,15)/t8-,9-,11+/m0/s1. The first-order chi connectivity index (χ1) is 9.00. The highest BCUT2D eigenvalue weighted by Crippen LogP contribution is 2.39. The van der Waals surface area contributed by atoms with Crippen LogP contribution in [0.2, 0.25) is 0 Å². The van der Waals surface area contributed by atoms with Gasteiger partial charge >= 0.3 is 0 Å². The van der Waals surface area contributed by atoms with E-state index in [0.29, 0.717) is 19.5 Å². The van der Waals surface area contributed by atoms with Crippen LogP contribution in [0.5, 0.6) is 0 Å². The molecule has 1 amide bonds. The normalized spacial score (nSPS) is 35.3. The molecule has 3 rings (SSSR count). The largest absolute Gasteiger partial charge is 0.373 e. The second-order valence-electron chi connectivity index (χ2n) is 5.73. The Bertz CT molecular complexity index is 460. The van der Waals surface area contributed by atoms with Gasteiger partial charge in [-0.05, 0) is 19.3 Å². The van der Waals surface area contributed by atoms with Gasteiger partial charge in [-0.1, -0.05) is 0 Å². The molecule has 108 valence electrons. The lowest BCUT2D eigenvalue weighted by Crippen LogP contribution is -2.34. The zero-order valence-electron chi connectivity index (χ0n) is 11.0. The molecular weight excluding hydrogens is 268 g/mol. The zero-order chi connectivity index (χ0) is 13.6. The Hall–Kier alpha value is -0.660. The number of carbonyl (C=O) groups excluding carboxylic acids is 1. The highest BCUT2D eigenvalue weighted by molar-refractivity contribution is 7.90. The minimum atomic E-state index is -3.08. The van der Waals surface area contributed by atoms with Crippen LogP contribution in [-0.4, -0.2) is 56.2 Å². The molecule has 0 aromatic heterocycles. The van der Waals surface area contributed by atoms with E-state index in [9.17, 15) is 13.2 Å². The molecule has 0 spiro atoms. The summed E-state index contributed by atoms with van der Waals surface area (Å²) in [6, 6.07) is 0. The van der Waals surface area contributed by atoms with Crippen LogP contribution in [-0.2, 0) is 19.6 Å². The van der Waals surface area contributed by atoms with Crippen LogP contribution >= 0.6 is 0 Å². The van der Waals surface area contributed by atoms with Crippen LogP contribution in [0.15, 0.2) is 0 Å². The summed E-state index contributed by atoms with van der Waals surface area (Å²) in [6.07, 6.45) is 2.68. The number of rotatable bonds is 4. The summed E-state index contributed by atoms with van der Waals surface area (Å²) in [5, 5.41) is 2.44. The van der Waals surface area contributed by atoms with Gasteiger partial charge in [0.1, 0.15) is 0 Å². The molecule has 0 bridgehead atoms. The van der Waals surface area contributed by atoms with Gasteiger partial charge in [0, 0.05) is 26.1 Å². The van der Waals surface area contributed by atoms with E-state index >= 15 is 0 Å². The van der Waals surface area contributed by atoms with E-state index in [2.05, 4.69) is 5.32 Å². The molecule has 2 heterocycles. The predicted octanol–water partition coefficient (Wildman–Crippen LogP) is -0.296. The van der Waals surface area contributed by atoms with Crippen molar-refractivity contribution >= 4 is 15.9 Å². The van der Waals surface area contributed by atoms with Crippen LogP contribution in [0.1, 0.15) is 25.7 Å². The second-order valence-corrected chi connectivity index (χ2v) is 7.94. The van der Waals surface area contributed by atoms with Gasteiger partial charge in [0.2, 0.25) is 15.9 Å². The minimum Gasteiger partial charge on any atom is -0.373 e. The molecular formula is C12H20N2O4S. The van der Waals surface area contributed by atoms with Crippen LogP contribution in [0.3, 0.4) is 0 Å². The zero-order valence-corrected chi connectivity index (χ0v) is 11.9. The first-order valence-electron chi connectivity index (χ1n) is 6.85. The maximum atomic E-state index is 12.1. The monoisotopic (exact) mass is 288 g/mol. The lowest BCUT2D eigenvalue weighted by atomic mass is 10.0. The lowest BCUT2D eigenvalue weighted by Gasteiger charge is -2.18. The molecule has 0 aromatic carbocycles. The molecule has 1 saturated carbocycles. The van der Waals surface area contributed by atoms with E-state index in [1.165, 1.54) is 0 Å². The number of amides is 1. The van der Waals surface area contributed by atoms with E-state index < -0.39 is 10.0 Å². The third-order valence-electron chi connectivity index (χ3n) is 4.28. The number of nitrogens with zero attached hydrogens (tertiary/aromatic N) is 1. The number of ether oxygens (including phenoxy) is 1. The number of sulfonamides is 1. The van der Waals surface area contributed by atoms with E-state index in [1.54, 1.807) is 11.4 Å². The molecule has 3 fully saturated rings. The molecule has 7 heteroatoms. The highest BCUT2D eigenvalue weighted by atomic mass is 32.2. The van der Waals surface area contributed by atoms with Gasteiger partial charge in [-0.2, -0.15) is 4.31 Å². The van der Waals surface area contributed by atoms with Crippen molar-refractivity contribution in [3.05, 3.63) is 0 Å². The third-order valence-corrected chi connectivity index (χ3v) is 6.61. The maximum absolute atomic E-state index is 12.1. The number of hydrogen-bond donors (Lipinski definition) is 1. The van der Waals surface area contributed by atoms with Crippen molar-refractivity contribution in [3.63, 3.8) is 0 Å². The molecule has 2 saturated heterocycles. The van der Waals surface area contributed by atoms with Crippen molar-refractivity contribution in [2.75, 3.05) is 20.1 Å². The summed E-state index contributed by atoms with van der Waals surface area (Å²) < 4.78 is 31.7. The number of fused-ring (bicyclic) bond motifs is 1. The van der Waals surface area contributed by atoms with Crippen molar-refractivity contribution in [3.8, 4) is 0 Å². The average molecular weight is 288 g/mol. The Balaban J connectivity index is 1.57. The van der Waals surface area contributed by atoms with Gasteiger partial charge < -0.3 is 10.1 Å². The van der Waals surface area contributed by atoms with Crippen molar-refractivity contribution in [2.24, 2.45) is 5.92 Å². The van der Waals surface area contributed by atoms with Crippen LogP contribution < -0.4 is 5.32 Å². The Labute approximate surface area is 113 Å². The van der Waals surface area contributed by atoms with Gasteiger partial charge in [0.05, 0.1) is 23.9 Å². The van der Waals surface area contributed by atoms with Crippen LogP contribution in [0, 0.1) is 5.92 Å². The molecule has 6 nitrogen and oxygen atoms in total. The smallest absolute Gasteiger partial charge is 0.222 e. The molecule has 0 radical (unpaired) electrons. The molecule has 0 aromatic rings. The van der Waals surface area contributed by atoms with Gasteiger partial charge in [-0.3, -0.25) is 4.79 Å². The van der Waals surface area contributed by atoms with Crippen molar-refractivity contribution in [1.29, 1.82) is 0 Å². The van der Waals surface area contributed by atoms with Gasteiger partial charge in [-0.25, -0.2) is 8.42 Å². The van der Waals surface area contributed by atoms with Crippen molar-refractivity contribution in [1.82, 2.24) is 9.62 Å². The molecule has 3 aliphatic rings. The first-order valence-corrected chi connectivity index (χ1v) is 8.36. The second kappa shape index (κ2) is 4.71. The number of hydrogen-bond acceptors (Lipinski definition) is 4. The SMILES string of the molecule is CNC(=O)C[C@@H]1C[C@H]2CN(S(=O)(=O)C3CC3)C[C@H]2O1. The van der Waals surface area contributed by atoms with E-state index in [1.807, 2.05) is 0 Å². The van der Waals surface area contributed by atoms with E-state index in [4.69, 9.17) is 4.74 Å². The Morgan fingerprint density at radius 1 is 1.37 bits per heavy atom. The van der Waals surface area contributed by atoms with Crippen LogP contribution in [0.25, 0.3) is 0 Å². The molecule has 1 N–H and O–H groups in total. The highest BCUT2D eigenvalue weighted by Gasteiger charge is 2.49. The van der Waals surface area contributed by atoms with E-state index in [0.717, 1.165) is 19.3 Å². The lowest BCUT2D eigenvalue weighted by molar-refractivity contribution is -0.123. The fourth-order valence-corrected chi connectivity index (χ4v) is 4.96. The topological polar surface area (TPSA) is 75.7 Å². The molecule has 2 aliphatic heterocycles. The summed E-state index contributed by atoms with van der Waals surface area (Å²) in [5.74, 6) is 0.232. The summed E-state index contributed by atoms with van der Waals surface area (Å²) in [5.41, 5.74) is 0. The van der Waals surface area contributed by atoms with Crippen molar-refractivity contribution in [2.45, 2.75) is 43.1 Å². The Morgan fingerprint density at radius 2 is 2.11 bits per heavy atom. The summed E-state index contributed by atoms with van der Waals surface area (Å²) in [7, 11) is -1.47. The average Bonchev–Trinajstić information content (AvgIpc) is 3.04. The maximum Gasteiger partial charge on any atom is 0.222 e. The van der Waals surface area contributed by atoms with Crippen molar-refractivity contribution < 1.29 is 17.9 Å². The van der Waals surface area contributed by atoms with Gasteiger partial charge in [0.25, 0.3) is 0 Å². The molecule has 19 heavy (non-hydrogen) atoms. The molecule has 1 aliphatic carbocycles. The summed E-state index contributed by atoms with van der Waals surface area (Å²) >= 11 is 0. The molecule has 0 unspecified atom stereocenters. The third kappa shape index (κ3) is 2.51. The quantitative estimate of drug-likeness (QED) is 0.771. The number of nitrogens with one attached hydrogen (secondary N) is 1. The minimum absolute atomic E-state index is 0.0209. The first kappa shape index (κ1) is 13.3. The molecule has 3 atom stereocenters. The predicted molar refractivity (Wildman–Crippen MR) is 69.0 cm³/mol. The Kier molecular flexibility index (Phi) is 3.31. The fraction of sp³-hybridized carbons (Fsp3) is 0.917. The Morgan fingerprint density at radius 3 is 2.68 bits per heavy atom. The van der Waals surface area contributed by atoms with Gasteiger partial charge in [-0.15, -0.1) is 0 Å².